The highest BCUT2D eigenvalue weighted by molar-refractivity contribution is 7.84. The fourth-order valence-electron chi connectivity index (χ4n) is 1.70. The van der Waals surface area contributed by atoms with Crippen molar-refractivity contribution in [3.8, 4) is 0 Å². The Hall–Kier alpha value is -1.15. The van der Waals surface area contributed by atoms with Gasteiger partial charge in [0.1, 0.15) is 0 Å². The Kier molecular flexibility index (Phi) is 5.74. The Morgan fingerprint density at radius 2 is 2.21 bits per heavy atom. The molecule has 0 aromatic heterocycles. The van der Waals surface area contributed by atoms with Crippen molar-refractivity contribution in [1.29, 1.82) is 0 Å². The van der Waals surface area contributed by atoms with E-state index in [1.54, 1.807) is 6.26 Å². The SMILES string of the molecule is CC(CCNC(=O)NC1(C(=O)O)CCOC1)S(C)=O. The average molecular weight is 292 g/mol. The van der Waals surface area contributed by atoms with Crippen LogP contribution in [0.4, 0.5) is 4.79 Å². The quantitative estimate of drug-likeness (QED) is 0.622. The molecule has 8 heteroatoms. The van der Waals surface area contributed by atoms with Crippen molar-refractivity contribution in [3.05, 3.63) is 0 Å². The second kappa shape index (κ2) is 6.85. The molecule has 1 heterocycles. The van der Waals surface area contributed by atoms with Crippen LogP contribution in [0.15, 0.2) is 0 Å². The molecule has 0 aliphatic carbocycles. The molecular formula is C11H20N2O5S. The van der Waals surface area contributed by atoms with E-state index in [0.29, 0.717) is 19.6 Å². The molecule has 3 atom stereocenters. The summed E-state index contributed by atoms with van der Waals surface area (Å²) in [6, 6.07) is -0.540. The third-order valence-electron chi connectivity index (χ3n) is 3.19. The first kappa shape index (κ1) is 15.9. The van der Waals surface area contributed by atoms with Gasteiger partial charge in [0.2, 0.25) is 0 Å². The summed E-state index contributed by atoms with van der Waals surface area (Å²) < 4.78 is 16.2. The van der Waals surface area contributed by atoms with Crippen LogP contribution < -0.4 is 10.6 Å². The normalized spacial score (nSPS) is 25.6. The number of carboxylic acids is 1. The Balaban J connectivity index is 2.38. The third kappa shape index (κ3) is 4.46. The second-order valence-corrected chi connectivity index (χ2v) is 6.47. The number of nitrogens with one attached hydrogen (secondary N) is 2. The number of hydrogen-bond acceptors (Lipinski definition) is 4. The van der Waals surface area contributed by atoms with E-state index in [1.807, 2.05) is 6.92 Å². The van der Waals surface area contributed by atoms with E-state index < -0.39 is 28.3 Å². The molecule has 3 N–H and O–H groups in total. The van der Waals surface area contributed by atoms with Crippen molar-refractivity contribution in [1.82, 2.24) is 10.6 Å². The monoisotopic (exact) mass is 292 g/mol. The summed E-state index contributed by atoms with van der Waals surface area (Å²) in [5.74, 6) is -1.09. The van der Waals surface area contributed by atoms with E-state index in [2.05, 4.69) is 10.6 Å². The summed E-state index contributed by atoms with van der Waals surface area (Å²) in [7, 11) is -0.930. The molecule has 110 valence electrons. The smallest absolute Gasteiger partial charge is 0.332 e. The minimum atomic E-state index is -1.33. The van der Waals surface area contributed by atoms with Crippen molar-refractivity contribution in [2.24, 2.45) is 0 Å². The van der Waals surface area contributed by atoms with Crippen molar-refractivity contribution in [2.75, 3.05) is 26.0 Å². The Morgan fingerprint density at radius 1 is 1.53 bits per heavy atom. The molecule has 1 saturated heterocycles. The lowest BCUT2D eigenvalue weighted by Gasteiger charge is -2.23. The van der Waals surface area contributed by atoms with E-state index in [-0.39, 0.29) is 18.3 Å². The lowest BCUT2D eigenvalue weighted by Crippen LogP contribution is -2.57. The Labute approximate surface area is 114 Å². The van der Waals surface area contributed by atoms with Crippen molar-refractivity contribution in [3.63, 3.8) is 0 Å². The highest BCUT2D eigenvalue weighted by Crippen LogP contribution is 2.18. The summed E-state index contributed by atoms with van der Waals surface area (Å²) in [6.45, 7) is 2.48. The molecule has 0 aromatic carbocycles. The molecule has 7 nitrogen and oxygen atoms in total. The van der Waals surface area contributed by atoms with Crippen LogP contribution in [0.3, 0.4) is 0 Å². The van der Waals surface area contributed by atoms with Gasteiger partial charge in [-0.1, -0.05) is 6.92 Å². The maximum Gasteiger partial charge on any atom is 0.332 e. The number of carboxylic acid groups (broad SMARTS) is 1. The largest absolute Gasteiger partial charge is 0.479 e. The number of ether oxygens (including phenoxy) is 1. The molecule has 19 heavy (non-hydrogen) atoms. The van der Waals surface area contributed by atoms with Crippen LogP contribution in [0, 0.1) is 0 Å². The minimum absolute atomic E-state index is 0.0106. The highest BCUT2D eigenvalue weighted by atomic mass is 32.2. The standard InChI is InChI=1S/C11H20N2O5S/c1-8(19(2)17)3-5-12-10(16)13-11(9(14)15)4-6-18-7-11/h8H,3-7H2,1-2H3,(H,14,15)(H2,12,13,16). The van der Waals surface area contributed by atoms with Gasteiger partial charge in [0.25, 0.3) is 0 Å². The fraction of sp³-hybridized carbons (Fsp3) is 0.818. The fourth-order valence-corrected chi connectivity index (χ4v) is 2.15. The molecule has 1 fully saturated rings. The summed E-state index contributed by atoms with van der Waals surface area (Å²) >= 11 is 0. The molecule has 0 spiro atoms. The van der Waals surface area contributed by atoms with Crippen LogP contribution in [0.2, 0.25) is 0 Å². The molecule has 3 unspecified atom stereocenters. The van der Waals surface area contributed by atoms with E-state index in [1.165, 1.54) is 0 Å². The van der Waals surface area contributed by atoms with Crippen LogP contribution in [0.25, 0.3) is 0 Å². The van der Waals surface area contributed by atoms with Gasteiger partial charge in [0.15, 0.2) is 5.54 Å². The van der Waals surface area contributed by atoms with Crippen LogP contribution in [-0.4, -0.2) is 58.1 Å². The first-order valence-electron chi connectivity index (χ1n) is 6.07. The van der Waals surface area contributed by atoms with Gasteiger partial charge < -0.3 is 20.5 Å². The maximum absolute atomic E-state index is 11.6. The van der Waals surface area contributed by atoms with E-state index in [4.69, 9.17) is 9.84 Å². The minimum Gasteiger partial charge on any atom is -0.479 e. The molecule has 1 aliphatic rings. The van der Waals surface area contributed by atoms with Crippen LogP contribution >= 0.6 is 0 Å². The van der Waals surface area contributed by atoms with Gasteiger partial charge in [-0.15, -0.1) is 0 Å². The lowest BCUT2D eigenvalue weighted by atomic mass is 9.99. The first-order valence-corrected chi connectivity index (χ1v) is 7.69. The van der Waals surface area contributed by atoms with Gasteiger partial charge >= 0.3 is 12.0 Å². The summed E-state index contributed by atoms with van der Waals surface area (Å²) in [4.78, 5) is 22.8. The number of carbonyl (C=O) groups excluding carboxylic acids is 1. The molecule has 1 aliphatic heterocycles. The van der Waals surface area contributed by atoms with Gasteiger partial charge in [-0.25, -0.2) is 9.59 Å². The van der Waals surface area contributed by atoms with E-state index in [9.17, 15) is 13.8 Å². The first-order chi connectivity index (χ1) is 8.87. The Bertz CT molecular complexity index is 368. The highest BCUT2D eigenvalue weighted by Gasteiger charge is 2.43. The zero-order chi connectivity index (χ0) is 14.5. The predicted molar refractivity (Wildman–Crippen MR) is 70.5 cm³/mol. The second-order valence-electron chi connectivity index (χ2n) is 4.67. The third-order valence-corrected chi connectivity index (χ3v) is 4.56. The number of carbonyl (C=O) groups is 2. The molecule has 0 radical (unpaired) electrons. The van der Waals surface area contributed by atoms with Gasteiger partial charge in [-0.2, -0.15) is 0 Å². The number of amides is 2. The van der Waals surface area contributed by atoms with Gasteiger partial charge in [0.05, 0.1) is 6.61 Å². The lowest BCUT2D eigenvalue weighted by molar-refractivity contribution is -0.144. The maximum atomic E-state index is 11.6. The molecule has 0 aromatic rings. The van der Waals surface area contributed by atoms with Gasteiger partial charge in [-0.3, -0.25) is 4.21 Å². The Morgan fingerprint density at radius 3 is 2.68 bits per heavy atom. The number of rotatable bonds is 6. The summed E-state index contributed by atoms with van der Waals surface area (Å²) in [5.41, 5.74) is -1.33. The van der Waals surface area contributed by atoms with E-state index in [0.717, 1.165) is 0 Å². The number of hydrogen-bond donors (Lipinski definition) is 3. The van der Waals surface area contributed by atoms with Gasteiger partial charge in [0, 0.05) is 41.9 Å². The zero-order valence-corrected chi connectivity index (χ0v) is 11.9. The molecule has 2 amide bonds. The summed E-state index contributed by atoms with van der Waals surface area (Å²) in [6.07, 6.45) is 2.44. The molecule has 0 bridgehead atoms. The van der Waals surface area contributed by atoms with Gasteiger partial charge in [-0.05, 0) is 6.42 Å². The molecule has 1 rings (SSSR count). The van der Waals surface area contributed by atoms with Crippen LogP contribution in [-0.2, 0) is 20.3 Å². The van der Waals surface area contributed by atoms with Crippen molar-refractivity contribution >= 4 is 22.8 Å². The van der Waals surface area contributed by atoms with Crippen LogP contribution in [0.5, 0.6) is 0 Å². The molecular weight excluding hydrogens is 272 g/mol. The predicted octanol–water partition coefficient (Wildman–Crippen LogP) is -0.314. The van der Waals surface area contributed by atoms with Crippen molar-refractivity contribution < 1.29 is 23.6 Å². The molecule has 0 saturated carbocycles. The van der Waals surface area contributed by atoms with Crippen molar-refractivity contribution in [2.45, 2.75) is 30.6 Å². The number of urea groups is 1. The topological polar surface area (TPSA) is 105 Å². The zero-order valence-electron chi connectivity index (χ0n) is 11.1. The summed E-state index contributed by atoms with van der Waals surface area (Å²) in [5, 5.41) is 14.1. The average Bonchev–Trinajstić information content (AvgIpc) is 2.78. The van der Waals surface area contributed by atoms with Crippen LogP contribution in [0.1, 0.15) is 19.8 Å². The van der Waals surface area contributed by atoms with E-state index >= 15 is 0 Å². The number of aliphatic carboxylic acids is 1.